The maximum Gasteiger partial charge on any atom is 0.490 e. The van der Waals surface area contributed by atoms with Gasteiger partial charge in [0.2, 0.25) is 0 Å². The van der Waals surface area contributed by atoms with E-state index in [0.29, 0.717) is 0 Å². The highest BCUT2D eigenvalue weighted by molar-refractivity contribution is 6.60. The van der Waals surface area contributed by atoms with Gasteiger partial charge in [0, 0.05) is 5.46 Å². The number of hydrogen-bond acceptors (Lipinski definition) is 5. The Labute approximate surface area is 109 Å². The Morgan fingerprint density at radius 2 is 2.22 bits per heavy atom. The van der Waals surface area contributed by atoms with Crippen LogP contribution in [0.15, 0.2) is 23.2 Å². The molecule has 6 nitrogen and oxygen atoms in total. The summed E-state index contributed by atoms with van der Waals surface area (Å²) in [6, 6.07) is 4.10. The Morgan fingerprint density at radius 3 is 2.72 bits per heavy atom. The van der Waals surface area contributed by atoms with Crippen molar-refractivity contribution in [2.24, 2.45) is 10.7 Å². The summed E-state index contributed by atoms with van der Waals surface area (Å²) in [5.74, 6) is -0.473. The molecule has 1 rings (SSSR count). The van der Waals surface area contributed by atoms with E-state index < -0.39 is 13.1 Å². The van der Waals surface area contributed by atoms with E-state index in [9.17, 15) is 14.8 Å². The molecule has 0 atom stereocenters. The van der Waals surface area contributed by atoms with Crippen LogP contribution in [0.4, 0.5) is 5.69 Å². The van der Waals surface area contributed by atoms with Crippen molar-refractivity contribution in [3.05, 3.63) is 23.8 Å². The number of nitrogens with zero attached hydrogens (tertiary/aromatic N) is 1. The Morgan fingerprint density at radius 1 is 1.56 bits per heavy atom. The van der Waals surface area contributed by atoms with Gasteiger partial charge < -0.3 is 20.5 Å². The van der Waals surface area contributed by atoms with E-state index in [1.165, 1.54) is 25.3 Å². The fourth-order valence-corrected chi connectivity index (χ4v) is 1.35. The van der Waals surface area contributed by atoms with Crippen molar-refractivity contribution in [3.63, 3.8) is 0 Å². The minimum Gasteiger partial charge on any atom is -0.465 e. The lowest BCUT2D eigenvalue weighted by Crippen LogP contribution is -2.31. The van der Waals surface area contributed by atoms with Crippen molar-refractivity contribution in [1.29, 1.82) is 0 Å². The molecule has 0 saturated carbocycles. The van der Waals surface area contributed by atoms with E-state index in [4.69, 9.17) is 17.3 Å². The molecule has 0 spiro atoms. The molecule has 0 radical (unpaired) electrons. The summed E-state index contributed by atoms with van der Waals surface area (Å²) < 4.78 is 4.55. The number of carbonyl (C=O) groups excluding carboxylic acids is 1. The van der Waals surface area contributed by atoms with Gasteiger partial charge in [0.25, 0.3) is 0 Å². The zero-order chi connectivity index (χ0) is 13.7. The number of carbonyl (C=O) groups is 1. The Kier molecular flexibility index (Phi) is 5.15. The van der Waals surface area contributed by atoms with Crippen LogP contribution in [0, 0.1) is 0 Å². The van der Waals surface area contributed by atoms with Crippen molar-refractivity contribution < 1.29 is 19.6 Å². The van der Waals surface area contributed by atoms with Crippen LogP contribution in [0.5, 0.6) is 0 Å². The molecular formula is C10H12BClN2O4. The van der Waals surface area contributed by atoms with Crippen LogP contribution >= 0.6 is 11.6 Å². The average Bonchev–Trinajstić information content (AvgIpc) is 2.37. The van der Waals surface area contributed by atoms with Crippen LogP contribution in [0.3, 0.4) is 0 Å². The molecule has 0 aliphatic rings. The quantitative estimate of drug-likeness (QED) is 0.222. The van der Waals surface area contributed by atoms with Crippen molar-refractivity contribution in [2.45, 2.75) is 0 Å². The lowest BCUT2D eigenvalue weighted by molar-refractivity contribution is 0.0601. The molecule has 0 heterocycles. The molecule has 4 N–H and O–H groups in total. The maximum absolute atomic E-state index is 11.3. The SMILES string of the molecule is COC(=O)c1ccc(B(O)O)c(N=C(N)CCl)c1. The maximum atomic E-state index is 11.3. The smallest absolute Gasteiger partial charge is 0.465 e. The Hall–Kier alpha value is -1.57. The number of methoxy groups -OCH3 is 1. The summed E-state index contributed by atoms with van der Waals surface area (Å²) in [4.78, 5) is 15.3. The molecule has 96 valence electrons. The number of alkyl halides is 1. The zero-order valence-corrected chi connectivity index (χ0v) is 10.4. The topological polar surface area (TPSA) is 105 Å². The lowest BCUT2D eigenvalue weighted by atomic mass is 9.78. The molecule has 1 aromatic rings. The third-order valence-electron chi connectivity index (χ3n) is 2.13. The second-order valence-electron chi connectivity index (χ2n) is 3.38. The van der Waals surface area contributed by atoms with Gasteiger partial charge in [-0.15, -0.1) is 11.6 Å². The van der Waals surface area contributed by atoms with E-state index >= 15 is 0 Å². The third-order valence-corrected chi connectivity index (χ3v) is 2.40. The molecule has 18 heavy (non-hydrogen) atoms. The van der Waals surface area contributed by atoms with Gasteiger partial charge in [-0.1, -0.05) is 6.07 Å². The lowest BCUT2D eigenvalue weighted by Gasteiger charge is -2.07. The van der Waals surface area contributed by atoms with Crippen molar-refractivity contribution in [1.82, 2.24) is 0 Å². The third kappa shape index (κ3) is 3.46. The van der Waals surface area contributed by atoms with Crippen LogP contribution in [-0.2, 0) is 4.74 Å². The average molecular weight is 270 g/mol. The fourth-order valence-electron chi connectivity index (χ4n) is 1.29. The van der Waals surface area contributed by atoms with E-state index in [0.717, 1.165) is 0 Å². The number of rotatable bonds is 4. The number of amidine groups is 1. The summed E-state index contributed by atoms with van der Waals surface area (Å²) in [7, 11) is -0.480. The standard InChI is InChI=1S/C10H12BClN2O4/c1-18-10(15)6-2-3-7(11(16)17)8(4-6)14-9(13)5-12/h2-4,16-17H,5H2,1H3,(H2,13,14). The molecule has 0 amide bonds. The number of aliphatic imine (C=N–C) groups is 1. The molecule has 0 aromatic heterocycles. The van der Waals surface area contributed by atoms with Crippen LogP contribution in [-0.4, -0.2) is 42.0 Å². The summed E-state index contributed by atoms with van der Waals surface area (Å²) >= 11 is 5.49. The van der Waals surface area contributed by atoms with Gasteiger partial charge in [0.1, 0.15) is 5.84 Å². The van der Waals surface area contributed by atoms with Gasteiger partial charge in [0.15, 0.2) is 0 Å². The summed E-state index contributed by atoms with van der Waals surface area (Å²) in [5, 5.41) is 18.3. The first-order valence-electron chi connectivity index (χ1n) is 4.97. The molecule has 8 heteroatoms. The largest absolute Gasteiger partial charge is 0.490 e. The van der Waals surface area contributed by atoms with E-state index in [-0.39, 0.29) is 28.4 Å². The number of ether oxygens (including phenoxy) is 1. The first-order chi connectivity index (χ1) is 8.49. The normalized spacial score (nSPS) is 11.2. The van der Waals surface area contributed by atoms with Crippen molar-refractivity contribution in [3.8, 4) is 0 Å². The zero-order valence-electron chi connectivity index (χ0n) is 9.63. The van der Waals surface area contributed by atoms with Gasteiger partial charge in [-0.3, -0.25) is 0 Å². The van der Waals surface area contributed by atoms with Crippen LogP contribution in [0.25, 0.3) is 0 Å². The number of nitrogens with two attached hydrogens (primary N) is 1. The van der Waals surface area contributed by atoms with Crippen LogP contribution in [0.1, 0.15) is 10.4 Å². The second kappa shape index (κ2) is 6.39. The first kappa shape index (κ1) is 14.5. The molecule has 0 aliphatic carbocycles. The molecule has 0 saturated heterocycles. The summed E-state index contributed by atoms with van der Waals surface area (Å²) in [6.07, 6.45) is 0. The number of esters is 1. The van der Waals surface area contributed by atoms with Gasteiger partial charge in [-0.25, -0.2) is 9.79 Å². The summed E-state index contributed by atoms with van der Waals surface area (Å²) in [5.41, 5.74) is 5.98. The predicted octanol–water partition coefficient (Wildman–Crippen LogP) is -0.620. The van der Waals surface area contributed by atoms with Gasteiger partial charge in [-0.05, 0) is 12.1 Å². The molecule has 0 bridgehead atoms. The molecule has 0 unspecified atom stereocenters. The minimum atomic E-state index is -1.72. The molecule has 1 aromatic carbocycles. The summed E-state index contributed by atoms with van der Waals surface area (Å²) in [6.45, 7) is 0. The highest BCUT2D eigenvalue weighted by Crippen LogP contribution is 2.13. The van der Waals surface area contributed by atoms with Gasteiger partial charge in [-0.2, -0.15) is 0 Å². The predicted molar refractivity (Wildman–Crippen MR) is 69.6 cm³/mol. The number of hydrogen-bond donors (Lipinski definition) is 3. The van der Waals surface area contributed by atoms with Crippen LogP contribution < -0.4 is 11.2 Å². The van der Waals surface area contributed by atoms with Crippen molar-refractivity contribution in [2.75, 3.05) is 13.0 Å². The molecule has 0 aliphatic heterocycles. The van der Waals surface area contributed by atoms with Gasteiger partial charge >= 0.3 is 13.1 Å². The van der Waals surface area contributed by atoms with Crippen LogP contribution in [0.2, 0.25) is 0 Å². The molecular weight excluding hydrogens is 258 g/mol. The van der Waals surface area contributed by atoms with E-state index in [1.807, 2.05) is 0 Å². The minimum absolute atomic E-state index is 0.0105. The van der Waals surface area contributed by atoms with E-state index in [2.05, 4.69) is 9.73 Å². The first-order valence-corrected chi connectivity index (χ1v) is 5.50. The fraction of sp³-hybridized carbons (Fsp3) is 0.200. The monoisotopic (exact) mass is 270 g/mol. The number of halogens is 1. The second-order valence-corrected chi connectivity index (χ2v) is 3.64. The molecule has 0 fully saturated rings. The van der Waals surface area contributed by atoms with Crippen molar-refractivity contribution >= 4 is 41.7 Å². The van der Waals surface area contributed by atoms with Gasteiger partial charge in [0.05, 0.1) is 24.2 Å². The number of benzene rings is 1. The Balaban J connectivity index is 3.28. The van der Waals surface area contributed by atoms with E-state index in [1.54, 1.807) is 0 Å². The highest BCUT2D eigenvalue weighted by Gasteiger charge is 2.18. The Bertz CT molecular complexity index is 479. The highest BCUT2D eigenvalue weighted by atomic mass is 35.5.